The molecule has 3 saturated carbocycles. The number of allylic oxidation sites excluding steroid dienone is 1. The molecule has 7 rings (SSSR count). The third kappa shape index (κ3) is 3.42. The maximum Gasteiger partial charge on any atom is 0.308 e. The molecular weight excluding hydrogens is 441 g/mol. The molecule has 4 aliphatic carbocycles. The van der Waals surface area contributed by atoms with Crippen molar-refractivity contribution in [1.29, 1.82) is 0 Å². The number of hydrogen-bond donors (Lipinski definition) is 2. The summed E-state index contributed by atoms with van der Waals surface area (Å²) in [6.07, 6.45) is 9.59. The Hall–Kier alpha value is -3.20. The molecule has 2 N–H and O–H groups in total. The summed E-state index contributed by atoms with van der Waals surface area (Å²) in [5.41, 5.74) is 2.47. The number of anilines is 1. The second kappa shape index (κ2) is 7.98. The lowest BCUT2D eigenvalue weighted by atomic mass is 9.61. The van der Waals surface area contributed by atoms with Gasteiger partial charge in [-0.25, -0.2) is 14.4 Å². The Bertz CT molecular complexity index is 1250. The van der Waals surface area contributed by atoms with Gasteiger partial charge in [0.2, 0.25) is 0 Å². The molecule has 0 amide bonds. The van der Waals surface area contributed by atoms with E-state index in [4.69, 9.17) is 0 Å². The van der Waals surface area contributed by atoms with Gasteiger partial charge in [-0.3, -0.25) is 14.8 Å². The van der Waals surface area contributed by atoms with Gasteiger partial charge >= 0.3 is 5.97 Å². The number of nitrogens with zero attached hydrogens (tertiary/aromatic N) is 4. The van der Waals surface area contributed by atoms with Crippen molar-refractivity contribution < 1.29 is 14.3 Å². The highest BCUT2D eigenvalue weighted by molar-refractivity contribution is 7.13. The summed E-state index contributed by atoms with van der Waals surface area (Å²) in [5.74, 6) is -1.18. The molecule has 0 aliphatic heterocycles. The lowest BCUT2D eigenvalue weighted by Crippen LogP contribution is -2.51. The quantitative estimate of drug-likeness (QED) is 0.577. The van der Waals surface area contributed by atoms with Crippen molar-refractivity contribution >= 4 is 28.7 Å². The molecule has 33 heavy (non-hydrogen) atoms. The van der Waals surface area contributed by atoms with Gasteiger partial charge in [-0.05, 0) is 49.0 Å². The first kappa shape index (κ1) is 20.4. The second-order valence-electron chi connectivity index (χ2n) is 8.92. The lowest BCUT2D eigenvalue weighted by Gasteiger charge is -2.47. The summed E-state index contributed by atoms with van der Waals surface area (Å²) in [7, 11) is 0. The zero-order chi connectivity index (χ0) is 22.5. The van der Waals surface area contributed by atoms with E-state index in [-0.39, 0.29) is 29.4 Å². The summed E-state index contributed by atoms with van der Waals surface area (Å²) in [4.78, 5) is 30.8. The first-order chi connectivity index (χ1) is 16.1. The highest BCUT2D eigenvalue weighted by Crippen LogP contribution is 2.46. The number of thiophene rings is 1. The zero-order valence-electron chi connectivity index (χ0n) is 17.7. The molecule has 0 spiro atoms. The van der Waals surface area contributed by atoms with Crippen molar-refractivity contribution in [3.8, 4) is 10.6 Å². The Kier molecular flexibility index (Phi) is 4.94. The summed E-state index contributed by atoms with van der Waals surface area (Å²) >= 11 is 1.40. The van der Waals surface area contributed by atoms with E-state index >= 15 is 4.39 Å². The van der Waals surface area contributed by atoms with E-state index in [1.54, 1.807) is 12.4 Å². The number of nitrogens with one attached hydrogen (secondary N) is 1. The Morgan fingerprint density at radius 3 is 2.64 bits per heavy atom. The van der Waals surface area contributed by atoms with Crippen molar-refractivity contribution in [3.63, 3.8) is 0 Å². The van der Waals surface area contributed by atoms with Crippen molar-refractivity contribution in [2.45, 2.75) is 38.1 Å². The fourth-order valence-corrected chi connectivity index (χ4v) is 6.35. The Morgan fingerprint density at radius 2 is 1.88 bits per heavy atom. The first-order valence-corrected chi connectivity index (χ1v) is 12.1. The summed E-state index contributed by atoms with van der Waals surface area (Å²) in [6, 6.07) is 3.32. The molecule has 7 nitrogen and oxygen atoms in total. The highest BCUT2D eigenvalue weighted by Gasteiger charge is 2.47. The van der Waals surface area contributed by atoms with Crippen LogP contribution in [0.4, 0.5) is 10.2 Å². The van der Waals surface area contributed by atoms with Gasteiger partial charge in [-0.1, -0.05) is 12.1 Å². The molecule has 0 unspecified atom stereocenters. The van der Waals surface area contributed by atoms with Crippen LogP contribution in [0.15, 0.2) is 36.0 Å². The van der Waals surface area contributed by atoms with Crippen molar-refractivity contribution in [2.75, 3.05) is 5.32 Å². The van der Waals surface area contributed by atoms with E-state index in [0.29, 0.717) is 22.8 Å². The number of carbonyl (C=O) groups is 1. The van der Waals surface area contributed by atoms with Gasteiger partial charge in [0.25, 0.3) is 0 Å². The molecule has 0 aromatic carbocycles. The van der Waals surface area contributed by atoms with E-state index in [1.807, 2.05) is 23.6 Å². The Labute approximate surface area is 193 Å². The average Bonchev–Trinajstić information content (AvgIpc) is 3.51. The highest BCUT2D eigenvalue weighted by atomic mass is 32.1. The van der Waals surface area contributed by atoms with Gasteiger partial charge in [0.05, 0.1) is 22.2 Å². The molecule has 2 bridgehead atoms. The van der Waals surface area contributed by atoms with Crippen LogP contribution in [0.25, 0.3) is 16.1 Å². The summed E-state index contributed by atoms with van der Waals surface area (Å²) in [5, 5.41) is 15.0. The zero-order valence-corrected chi connectivity index (χ0v) is 18.6. The van der Waals surface area contributed by atoms with Crippen molar-refractivity contribution in [3.05, 3.63) is 59.0 Å². The van der Waals surface area contributed by atoms with Gasteiger partial charge in [-0.2, -0.15) is 0 Å². The van der Waals surface area contributed by atoms with Gasteiger partial charge < -0.3 is 10.4 Å². The van der Waals surface area contributed by atoms with Gasteiger partial charge in [0.1, 0.15) is 5.69 Å². The maximum absolute atomic E-state index is 15.7. The number of hydrogen-bond acceptors (Lipinski definition) is 7. The summed E-state index contributed by atoms with van der Waals surface area (Å²) < 4.78 is 15.7. The third-order valence-electron chi connectivity index (χ3n) is 7.18. The third-order valence-corrected chi connectivity index (χ3v) is 8.06. The van der Waals surface area contributed by atoms with E-state index in [1.165, 1.54) is 11.3 Å². The second-order valence-corrected chi connectivity index (χ2v) is 9.87. The topological polar surface area (TPSA) is 101 Å². The molecular formula is C24H22FN5O2S. The van der Waals surface area contributed by atoms with Crippen LogP contribution in [-0.4, -0.2) is 37.1 Å². The van der Waals surface area contributed by atoms with E-state index in [2.05, 4.69) is 25.3 Å². The number of rotatable bonds is 5. The molecule has 0 radical (unpaired) electrons. The predicted octanol–water partition coefficient (Wildman–Crippen LogP) is 4.42. The standard InChI is InChI=1S/C24H22FN5O2S/c25-18-21(16-2-1-11-33-16)29-22(14-7-8-15-20(14)27-10-9-26-15)30-23(18)28-19-13-5-3-12(4-6-13)17(19)24(31)32/h1-2,7,9-13,17,19H,3-6,8H2,(H,31,32)(H,28,29,30)/t12?,13?,17-,19-/m0/s1. The number of aromatic nitrogens is 4. The van der Waals surface area contributed by atoms with E-state index in [0.717, 1.165) is 37.0 Å². The molecule has 3 fully saturated rings. The first-order valence-electron chi connectivity index (χ1n) is 11.2. The molecule has 4 aliphatic rings. The van der Waals surface area contributed by atoms with Crippen LogP contribution in [0.5, 0.6) is 0 Å². The van der Waals surface area contributed by atoms with E-state index < -0.39 is 17.7 Å². The Balaban J connectivity index is 1.45. The fraction of sp³-hybridized carbons (Fsp3) is 0.375. The Morgan fingerprint density at radius 1 is 1.09 bits per heavy atom. The van der Waals surface area contributed by atoms with E-state index in [9.17, 15) is 9.90 Å². The number of halogens is 1. The normalized spacial score (nSPS) is 25.5. The minimum absolute atomic E-state index is 0.0606. The molecule has 3 heterocycles. The predicted molar refractivity (Wildman–Crippen MR) is 122 cm³/mol. The maximum atomic E-state index is 15.7. The van der Waals surface area contributed by atoms with Crippen LogP contribution < -0.4 is 5.32 Å². The number of aliphatic carboxylic acids is 1. The van der Waals surface area contributed by atoms with Crippen LogP contribution in [0, 0.1) is 23.6 Å². The SMILES string of the molecule is O=C(O)[C@H]1C2CCC(CC2)[C@@H]1Nc1nc(C2=CCc3nccnc32)nc(-c2cccs2)c1F. The van der Waals surface area contributed by atoms with Crippen LogP contribution >= 0.6 is 11.3 Å². The molecule has 2 atom stereocenters. The number of carboxylic acids is 1. The molecule has 0 saturated heterocycles. The molecule has 3 aromatic rings. The monoisotopic (exact) mass is 463 g/mol. The minimum Gasteiger partial charge on any atom is -0.481 e. The number of fused-ring (bicyclic) bond motifs is 4. The van der Waals surface area contributed by atoms with Crippen LogP contribution in [0.1, 0.15) is 42.9 Å². The molecule has 3 aromatic heterocycles. The number of carboxylic acid groups (broad SMARTS) is 1. The smallest absolute Gasteiger partial charge is 0.308 e. The van der Waals surface area contributed by atoms with Gasteiger partial charge in [-0.15, -0.1) is 11.3 Å². The van der Waals surface area contributed by atoms with Gasteiger partial charge in [0, 0.05) is 30.4 Å². The minimum atomic E-state index is -0.822. The molecule has 168 valence electrons. The molecule has 9 heteroatoms. The summed E-state index contributed by atoms with van der Waals surface area (Å²) in [6.45, 7) is 0. The van der Waals surface area contributed by atoms with Crippen molar-refractivity contribution in [1.82, 2.24) is 19.9 Å². The van der Waals surface area contributed by atoms with Crippen LogP contribution in [-0.2, 0) is 11.2 Å². The van der Waals surface area contributed by atoms with Gasteiger partial charge in [0.15, 0.2) is 17.5 Å². The lowest BCUT2D eigenvalue weighted by molar-refractivity contribution is -0.148. The fourth-order valence-electron chi connectivity index (χ4n) is 5.64. The van der Waals surface area contributed by atoms with Crippen LogP contribution in [0.3, 0.4) is 0 Å². The largest absolute Gasteiger partial charge is 0.481 e. The van der Waals surface area contributed by atoms with Crippen LogP contribution in [0.2, 0.25) is 0 Å². The average molecular weight is 464 g/mol. The van der Waals surface area contributed by atoms with Crippen molar-refractivity contribution in [2.24, 2.45) is 17.8 Å².